The number of nitrogens with one attached hydrogen (secondary N) is 1. The Labute approximate surface area is 191 Å². The molecule has 11 heteroatoms. The Balaban J connectivity index is 1.20. The fourth-order valence-electron chi connectivity index (χ4n) is 4.03. The first-order valence-corrected chi connectivity index (χ1v) is 12.1. The second-order valence-electron chi connectivity index (χ2n) is 7.89. The fourth-order valence-corrected chi connectivity index (χ4v) is 5.46. The number of carbonyl (C=O) groups is 2. The number of rotatable bonds is 4. The SMILES string of the molecule is O=C1Nc2ccccc2OC1CC(=O)N1CCN(S(=O)(=O)c2ccc3c(c2)OCCO3)CC1. The van der Waals surface area contributed by atoms with Crippen LogP contribution in [0.2, 0.25) is 0 Å². The van der Waals surface area contributed by atoms with Crippen molar-refractivity contribution in [1.82, 2.24) is 9.21 Å². The Morgan fingerprint density at radius 2 is 1.70 bits per heavy atom. The van der Waals surface area contributed by atoms with Crippen molar-refractivity contribution in [2.45, 2.75) is 17.4 Å². The molecule has 174 valence electrons. The van der Waals surface area contributed by atoms with Gasteiger partial charge in [0.2, 0.25) is 15.9 Å². The molecule has 1 unspecified atom stereocenters. The molecule has 1 atom stereocenters. The summed E-state index contributed by atoms with van der Waals surface area (Å²) in [6.07, 6.45) is -1.04. The number of fused-ring (bicyclic) bond motifs is 2. The van der Waals surface area contributed by atoms with Gasteiger partial charge in [0.1, 0.15) is 19.0 Å². The maximum absolute atomic E-state index is 13.1. The summed E-state index contributed by atoms with van der Waals surface area (Å²) in [5.41, 5.74) is 0.573. The van der Waals surface area contributed by atoms with Gasteiger partial charge in [0.25, 0.3) is 5.91 Å². The number of hydrogen-bond acceptors (Lipinski definition) is 7. The lowest BCUT2D eigenvalue weighted by molar-refractivity contribution is -0.138. The van der Waals surface area contributed by atoms with Gasteiger partial charge < -0.3 is 24.4 Å². The van der Waals surface area contributed by atoms with Crippen molar-refractivity contribution in [3.05, 3.63) is 42.5 Å². The third-order valence-corrected chi connectivity index (χ3v) is 7.70. The van der Waals surface area contributed by atoms with Crippen molar-refractivity contribution in [2.24, 2.45) is 0 Å². The molecule has 2 aromatic carbocycles. The van der Waals surface area contributed by atoms with Crippen molar-refractivity contribution >= 4 is 27.5 Å². The molecular formula is C22H23N3O7S. The van der Waals surface area contributed by atoms with E-state index >= 15 is 0 Å². The van der Waals surface area contributed by atoms with Crippen LogP contribution < -0.4 is 19.5 Å². The van der Waals surface area contributed by atoms with Crippen molar-refractivity contribution < 1.29 is 32.2 Å². The van der Waals surface area contributed by atoms with Gasteiger partial charge in [-0.3, -0.25) is 9.59 Å². The van der Waals surface area contributed by atoms with E-state index in [-0.39, 0.29) is 49.3 Å². The topological polar surface area (TPSA) is 114 Å². The van der Waals surface area contributed by atoms with E-state index in [1.54, 1.807) is 35.2 Å². The van der Waals surface area contributed by atoms with Crippen molar-refractivity contribution in [3.63, 3.8) is 0 Å². The van der Waals surface area contributed by atoms with Crippen LogP contribution in [0, 0.1) is 0 Å². The Hall–Kier alpha value is -3.31. The highest BCUT2D eigenvalue weighted by Crippen LogP contribution is 2.33. The van der Waals surface area contributed by atoms with E-state index in [2.05, 4.69) is 5.32 Å². The molecule has 5 rings (SSSR count). The van der Waals surface area contributed by atoms with Gasteiger partial charge in [0.15, 0.2) is 17.6 Å². The summed E-state index contributed by atoms with van der Waals surface area (Å²) in [4.78, 5) is 26.8. The fraction of sp³-hybridized carbons (Fsp3) is 0.364. The number of ether oxygens (including phenoxy) is 3. The molecule has 1 saturated heterocycles. The lowest BCUT2D eigenvalue weighted by atomic mass is 10.1. The van der Waals surface area contributed by atoms with Crippen molar-refractivity contribution in [1.29, 1.82) is 0 Å². The van der Waals surface area contributed by atoms with Crippen molar-refractivity contribution in [2.75, 3.05) is 44.7 Å². The van der Waals surface area contributed by atoms with Crippen LogP contribution >= 0.6 is 0 Å². The number of amides is 2. The molecule has 33 heavy (non-hydrogen) atoms. The molecule has 0 radical (unpaired) electrons. The first-order chi connectivity index (χ1) is 15.9. The number of piperazine rings is 1. The van der Waals surface area contributed by atoms with Gasteiger partial charge in [-0.25, -0.2) is 8.42 Å². The van der Waals surface area contributed by atoms with Crippen LogP contribution in [0.5, 0.6) is 17.2 Å². The highest BCUT2D eigenvalue weighted by molar-refractivity contribution is 7.89. The Morgan fingerprint density at radius 3 is 2.48 bits per heavy atom. The second kappa shape index (κ2) is 8.56. The van der Waals surface area contributed by atoms with Gasteiger partial charge in [0, 0.05) is 32.2 Å². The van der Waals surface area contributed by atoms with Crippen LogP contribution in [0.3, 0.4) is 0 Å². The normalized spacial score (nSPS) is 20.4. The van der Waals surface area contributed by atoms with E-state index in [1.165, 1.54) is 16.4 Å². The van der Waals surface area contributed by atoms with E-state index in [4.69, 9.17) is 14.2 Å². The largest absolute Gasteiger partial charge is 0.486 e. The highest BCUT2D eigenvalue weighted by atomic mass is 32.2. The van der Waals surface area contributed by atoms with E-state index in [0.717, 1.165) is 0 Å². The molecule has 0 spiro atoms. The predicted molar refractivity (Wildman–Crippen MR) is 117 cm³/mol. The molecule has 0 bridgehead atoms. The summed E-state index contributed by atoms with van der Waals surface area (Å²) < 4.78 is 44.1. The molecule has 0 aromatic heterocycles. The van der Waals surface area contributed by atoms with Crippen LogP contribution in [0.1, 0.15) is 6.42 Å². The third-order valence-electron chi connectivity index (χ3n) is 5.81. The molecule has 1 N–H and O–H groups in total. The lowest BCUT2D eigenvalue weighted by Crippen LogP contribution is -2.52. The summed E-state index contributed by atoms with van der Waals surface area (Å²) in [7, 11) is -3.74. The minimum absolute atomic E-state index is 0.116. The maximum Gasteiger partial charge on any atom is 0.266 e. The zero-order valence-electron chi connectivity index (χ0n) is 17.7. The Morgan fingerprint density at radius 1 is 0.970 bits per heavy atom. The molecular weight excluding hydrogens is 450 g/mol. The smallest absolute Gasteiger partial charge is 0.266 e. The molecule has 3 aliphatic heterocycles. The van der Waals surface area contributed by atoms with E-state index in [9.17, 15) is 18.0 Å². The Kier molecular flexibility index (Phi) is 5.59. The van der Waals surface area contributed by atoms with E-state index < -0.39 is 16.1 Å². The molecule has 10 nitrogen and oxygen atoms in total. The number of benzene rings is 2. The molecule has 2 amide bonds. The lowest BCUT2D eigenvalue weighted by Gasteiger charge is -2.35. The van der Waals surface area contributed by atoms with Crippen molar-refractivity contribution in [3.8, 4) is 17.2 Å². The maximum atomic E-state index is 13.1. The minimum atomic E-state index is -3.74. The molecule has 2 aromatic rings. The molecule has 1 fully saturated rings. The summed E-state index contributed by atoms with van der Waals surface area (Å²) in [5, 5.41) is 2.74. The quantitative estimate of drug-likeness (QED) is 0.707. The van der Waals surface area contributed by atoms with Crippen LogP contribution in [-0.2, 0) is 19.6 Å². The monoisotopic (exact) mass is 473 g/mol. The molecule has 0 saturated carbocycles. The first kappa shape index (κ1) is 21.5. The third kappa shape index (κ3) is 4.21. The van der Waals surface area contributed by atoms with Gasteiger partial charge in [-0.2, -0.15) is 4.31 Å². The zero-order valence-corrected chi connectivity index (χ0v) is 18.5. The average Bonchev–Trinajstić information content (AvgIpc) is 2.84. The number of para-hydroxylation sites is 2. The van der Waals surface area contributed by atoms with Gasteiger partial charge in [-0.05, 0) is 24.3 Å². The van der Waals surface area contributed by atoms with Crippen LogP contribution in [0.15, 0.2) is 47.4 Å². The number of nitrogens with zero attached hydrogens (tertiary/aromatic N) is 2. The number of hydrogen-bond donors (Lipinski definition) is 1. The summed E-state index contributed by atoms with van der Waals surface area (Å²) in [6.45, 7) is 1.56. The predicted octanol–water partition coefficient (Wildman–Crippen LogP) is 1.08. The number of anilines is 1. The Bertz CT molecular complexity index is 1190. The van der Waals surface area contributed by atoms with Crippen LogP contribution in [0.4, 0.5) is 5.69 Å². The van der Waals surface area contributed by atoms with Gasteiger partial charge in [0.05, 0.1) is 17.0 Å². The average molecular weight is 474 g/mol. The summed E-state index contributed by atoms with van der Waals surface area (Å²) in [6, 6.07) is 11.6. The van der Waals surface area contributed by atoms with Gasteiger partial charge in [-0.15, -0.1) is 0 Å². The van der Waals surface area contributed by atoms with Gasteiger partial charge >= 0.3 is 0 Å². The van der Waals surface area contributed by atoms with Gasteiger partial charge in [-0.1, -0.05) is 12.1 Å². The van der Waals surface area contributed by atoms with Crippen LogP contribution in [-0.4, -0.2) is 74.9 Å². The number of sulfonamides is 1. The number of carbonyl (C=O) groups excluding carboxylic acids is 2. The second-order valence-corrected chi connectivity index (χ2v) is 9.82. The molecule has 3 aliphatic rings. The molecule has 3 heterocycles. The molecule has 0 aliphatic carbocycles. The van der Waals surface area contributed by atoms with E-state index in [1.807, 2.05) is 0 Å². The highest BCUT2D eigenvalue weighted by Gasteiger charge is 2.34. The van der Waals surface area contributed by atoms with E-state index in [0.29, 0.717) is 36.1 Å². The summed E-state index contributed by atoms with van der Waals surface area (Å²) in [5.74, 6) is 0.814. The van der Waals surface area contributed by atoms with Crippen LogP contribution in [0.25, 0.3) is 0 Å². The standard InChI is InChI=1S/C22H23N3O7S/c26-21(14-20-22(27)23-16-3-1-2-4-17(16)32-20)24-7-9-25(10-8-24)33(28,29)15-5-6-18-19(13-15)31-12-11-30-18/h1-6,13,20H,7-12,14H2,(H,23,27). The zero-order chi connectivity index (χ0) is 23.0. The first-order valence-electron chi connectivity index (χ1n) is 10.7. The summed E-state index contributed by atoms with van der Waals surface area (Å²) >= 11 is 0. The minimum Gasteiger partial charge on any atom is -0.486 e.